The summed E-state index contributed by atoms with van der Waals surface area (Å²) in [4.78, 5) is 41.1. The predicted octanol–water partition coefficient (Wildman–Crippen LogP) is 2.63. The van der Waals surface area contributed by atoms with Crippen LogP contribution in [0.3, 0.4) is 0 Å². The van der Waals surface area contributed by atoms with Gasteiger partial charge in [-0.1, -0.05) is 31.0 Å². The minimum atomic E-state index is -0.554. The van der Waals surface area contributed by atoms with Crippen molar-refractivity contribution in [1.29, 1.82) is 0 Å². The van der Waals surface area contributed by atoms with Crippen LogP contribution in [0.5, 0.6) is 0 Å². The molecule has 0 aromatic carbocycles. The molecule has 2 heterocycles. The van der Waals surface area contributed by atoms with E-state index in [2.05, 4.69) is 15.6 Å². The number of carbonyl (C=O) groups excluding carboxylic acids is 2. The Kier molecular flexibility index (Phi) is 5.98. The van der Waals surface area contributed by atoms with E-state index in [9.17, 15) is 14.4 Å². The lowest BCUT2D eigenvalue weighted by molar-refractivity contribution is -0.119. The summed E-state index contributed by atoms with van der Waals surface area (Å²) in [6, 6.07) is 1.47. The number of thioether (sulfide) groups is 1. The molecule has 0 radical (unpaired) electrons. The van der Waals surface area contributed by atoms with Crippen molar-refractivity contribution >= 4 is 45.3 Å². The summed E-state index contributed by atoms with van der Waals surface area (Å²) in [5.74, 6) is -0.400. The van der Waals surface area contributed by atoms with Gasteiger partial charge in [0.05, 0.1) is 10.8 Å². The molecular weight excluding hydrogens is 372 g/mol. The standard InChI is InChI=1S/C17H22N4O3S2/c1-10(14(22)20-16(24)18-11-6-4-3-5-7-11)26-17-19-12-8-9-25-13(12)15(23)21(17)2/h8-11H,3-7H2,1-2H3,(H2,18,20,22,24). The van der Waals surface area contributed by atoms with E-state index in [1.54, 1.807) is 20.0 Å². The fourth-order valence-electron chi connectivity index (χ4n) is 2.97. The highest BCUT2D eigenvalue weighted by Crippen LogP contribution is 2.23. The molecule has 1 saturated carbocycles. The number of fused-ring (bicyclic) bond motifs is 1. The molecule has 2 aromatic heterocycles. The lowest BCUT2D eigenvalue weighted by Crippen LogP contribution is -2.47. The van der Waals surface area contributed by atoms with Crippen molar-refractivity contribution in [2.45, 2.75) is 55.5 Å². The summed E-state index contributed by atoms with van der Waals surface area (Å²) in [5, 5.41) is 6.97. The van der Waals surface area contributed by atoms with Crippen molar-refractivity contribution in [2.75, 3.05) is 0 Å². The molecule has 2 N–H and O–H groups in total. The number of rotatable bonds is 4. The fourth-order valence-corrected chi connectivity index (χ4v) is 4.65. The first-order valence-corrected chi connectivity index (χ1v) is 10.4. The van der Waals surface area contributed by atoms with Crippen molar-refractivity contribution in [3.63, 3.8) is 0 Å². The summed E-state index contributed by atoms with van der Waals surface area (Å²) in [6.07, 6.45) is 5.33. The van der Waals surface area contributed by atoms with Crippen LogP contribution >= 0.6 is 23.1 Å². The number of thiophene rings is 1. The molecule has 7 nitrogen and oxygen atoms in total. The first-order chi connectivity index (χ1) is 12.5. The van der Waals surface area contributed by atoms with Crippen molar-refractivity contribution in [3.05, 3.63) is 21.8 Å². The van der Waals surface area contributed by atoms with Crippen LogP contribution in [-0.4, -0.2) is 32.8 Å². The average Bonchev–Trinajstić information content (AvgIpc) is 3.08. The second kappa shape index (κ2) is 8.22. The van der Waals surface area contributed by atoms with Gasteiger partial charge >= 0.3 is 6.03 Å². The molecule has 3 rings (SSSR count). The number of nitrogens with one attached hydrogen (secondary N) is 2. The lowest BCUT2D eigenvalue weighted by atomic mass is 9.96. The summed E-state index contributed by atoms with van der Waals surface area (Å²) in [7, 11) is 1.64. The number of aromatic nitrogens is 2. The van der Waals surface area contributed by atoms with Gasteiger partial charge < -0.3 is 5.32 Å². The third-order valence-electron chi connectivity index (χ3n) is 4.47. The van der Waals surface area contributed by atoms with Crippen LogP contribution in [0.4, 0.5) is 4.79 Å². The molecule has 1 unspecified atom stereocenters. The monoisotopic (exact) mass is 394 g/mol. The quantitative estimate of drug-likeness (QED) is 0.614. The van der Waals surface area contributed by atoms with Gasteiger partial charge in [0.15, 0.2) is 5.16 Å². The fraction of sp³-hybridized carbons (Fsp3) is 0.529. The third-order valence-corrected chi connectivity index (χ3v) is 6.51. The van der Waals surface area contributed by atoms with E-state index in [0.29, 0.717) is 15.4 Å². The summed E-state index contributed by atoms with van der Waals surface area (Å²) >= 11 is 2.51. The van der Waals surface area contributed by atoms with Crippen molar-refractivity contribution < 1.29 is 9.59 Å². The first kappa shape index (κ1) is 18.9. The summed E-state index contributed by atoms with van der Waals surface area (Å²) in [6.45, 7) is 1.69. The van der Waals surface area contributed by atoms with E-state index in [1.807, 2.05) is 5.38 Å². The third kappa shape index (κ3) is 4.27. The van der Waals surface area contributed by atoms with Gasteiger partial charge in [-0.2, -0.15) is 0 Å². The van der Waals surface area contributed by atoms with Crippen LogP contribution in [0.25, 0.3) is 10.2 Å². The number of nitrogens with zero attached hydrogens (tertiary/aromatic N) is 2. The maximum absolute atomic E-state index is 12.3. The lowest BCUT2D eigenvalue weighted by Gasteiger charge is -2.23. The molecule has 3 amide bonds. The maximum atomic E-state index is 12.3. The predicted molar refractivity (Wildman–Crippen MR) is 104 cm³/mol. The molecule has 1 fully saturated rings. The normalized spacial score (nSPS) is 16.4. The Labute approximate surface area is 159 Å². The van der Waals surface area contributed by atoms with Crippen LogP contribution in [0.15, 0.2) is 21.4 Å². The molecular formula is C17H22N4O3S2. The van der Waals surface area contributed by atoms with E-state index in [-0.39, 0.29) is 11.6 Å². The second-order valence-electron chi connectivity index (χ2n) is 6.45. The Bertz CT molecular complexity index is 871. The van der Waals surface area contributed by atoms with Crippen molar-refractivity contribution in [2.24, 2.45) is 7.05 Å². The topological polar surface area (TPSA) is 93.1 Å². The van der Waals surface area contributed by atoms with E-state index in [0.717, 1.165) is 37.4 Å². The van der Waals surface area contributed by atoms with Crippen LogP contribution in [-0.2, 0) is 11.8 Å². The number of hydrogen-bond donors (Lipinski definition) is 2. The largest absolute Gasteiger partial charge is 0.335 e. The molecule has 140 valence electrons. The highest BCUT2D eigenvalue weighted by molar-refractivity contribution is 8.00. The Morgan fingerprint density at radius 1 is 1.35 bits per heavy atom. The molecule has 0 spiro atoms. The molecule has 26 heavy (non-hydrogen) atoms. The number of hydrogen-bond acceptors (Lipinski definition) is 6. The van der Waals surface area contributed by atoms with E-state index < -0.39 is 17.2 Å². The molecule has 0 bridgehead atoms. The Hall–Kier alpha value is -1.87. The number of amides is 3. The van der Waals surface area contributed by atoms with Crippen molar-refractivity contribution in [1.82, 2.24) is 20.2 Å². The highest BCUT2D eigenvalue weighted by atomic mass is 32.2. The van der Waals surface area contributed by atoms with Gasteiger partial charge in [-0.05, 0) is 31.2 Å². The zero-order chi connectivity index (χ0) is 18.7. The van der Waals surface area contributed by atoms with E-state index in [1.165, 1.54) is 22.3 Å². The highest BCUT2D eigenvalue weighted by Gasteiger charge is 2.22. The van der Waals surface area contributed by atoms with Crippen molar-refractivity contribution in [3.8, 4) is 0 Å². The van der Waals surface area contributed by atoms with E-state index in [4.69, 9.17) is 0 Å². The van der Waals surface area contributed by atoms with Gasteiger partial charge in [-0.25, -0.2) is 9.78 Å². The minimum Gasteiger partial charge on any atom is -0.335 e. The Morgan fingerprint density at radius 2 is 2.08 bits per heavy atom. The van der Waals surface area contributed by atoms with Gasteiger partial charge in [0.1, 0.15) is 4.70 Å². The molecule has 0 aliphatic heterocycles. The average molecular weight is 395 g/mol. The minimum absolute atomic E-state index is 0.129. The first-order valence-electron chi connectivity index (χ1n) is 8.68. The second-order valence-corrected chi connectivity index (χ2v) is 8.68. The number of carbonyl (C=O) groups is 2. The summed E-state index contributed by atoms with van der Waals surface area (Å²) < 4.78 is 2.04. The smallest absolute Gasteiger partial charge is 0.321 e. The van der Waals surface area contributed by atoms with E-state index >= 15 is 0 Å². The Morgan fingerprint density at radius 3 is 2.81 bits per heavy atom. The van der Waals surface area contributed by atoms with Crippen LogP contribution < -0.4 is 16.2 Å². The SMILES string of the molecule is CC(Sc1nc2ccsc2c(=O)n1C)C(=O)NC(=O)NC1CCCCC1. The summed E-state index contributed by atoms with van der Waals surface area (Å²) in [5.41, 5.74) is 0.499. The molecule has 0 saturated heterocycles. The molecule has 2 aromatic rings. The number of urea groups is 1. The Balaban J connectivity index is 1.61. The van der Waals surface area contributed by atoms with Gasteiger partial charge in [-0.3, -0.25) is 19.5 Å². The molecule has 1 atom stereocenters. The van der Waals surface area contributed by atoms with Gasteiger partial charge in [0.2, 0.25) is 5.91 Å². The maximum Gasteiger partial charge on any atom is 0.321 e. The zero-order valence-electron chi connectivity index (χ0n) is 14.8. The van der Waals surface area contributed by atoms with Gasteiger partial charge in [-0.15, -0.1) is 11.3 Å². The van der Waals surface area contributed by atoms with Gasteiger partial charge in [0.25, 0.3) is 5.56 Å². The van der Waals surface area contributed by atoms with Crippen LogP contribution in [0.2, 0.25) is 0 Å². The van der Waals surface area contributed by atoms with Gasteiger partial charge in [0, 0.05) is 13.1 Å². The molecule has 1 aliphatic rings. The number of imide groups is 1. The molecule has 1 aliphatic carbocycles. The zero-order valence-corrected chi connectivity index (χ0v) is 16.4. The van der Waals surface area contributed by atoms with Crippen LogP contribution in [0.1, 0.15) is 39.0 Å². The molecule has 9 heteroatoms. The van der Waals surface area contributed by atoms with Crippen LogP contribution in [0, 0.1) is 0 Å².